The van der Waals surface area contributed by atoms with Crippen LogP contribution in [0.3, 0.4) is 0 Å². The van der Waals surface area contributed by atoms with Crippen LogP contribution in [0.4, 0.5) is 10.1 Å². The Morgan fingerprint density at radius 2 is 1.87 bits per heavy atom. The molecular weight excluding hydrogens is 317 g/mol. The molecule has 0 aliphatic rings. The van der Waals surface area contributed by atoms with Gasteiger partial charge in [-0.25, -0.2) is 12.8 Å². The van der Waals surface area contributed by atoms with Crippen molar-refractivity contribution < 1.29 is 12.8 Å². The normalized spacial score (nSPS) is 14.3. The van der Waals surface area contributed by atoms with E-state index < -0.39 is 10.0 Å². The Morgan fingerprint density at radius 3 is 2.48 bits per heavy atom. The largest absolute Gasteiger partial charge is 0.302 e. The van der Waals surface area contributed by atoms with E-state index >= 15 is 0 Å². The van der Waals surface area contributed by atoms with E-state index in [9.17, 15) is 12.8 Å². The number of halogens is 1. The molecule has 2 atom stereocenters. The summed E-state index contributed by atoms with van der Waals surface area (Å²) in [6, 6.07) is 10.1. The Hall–Kier alpha value is -1.99. The predicted octanol–water partition coefficient (Wildman–Crippen LogP) is 3.00. The lowest BCUT2D eigenvalue weighted by atomic mass is 10.1. The molecular formula is C16H20FN3O2S. The quantitative estimate of drug-likeness (QED) is 0.850. The van der Waals surface area contributed by atoms with Gasteiger partial charge in [0.2, 0.25) is 10.0 Å². The van der Waals surface area contributed by atoms with E-state index in [1.54, 1.807) is 24.3 Å². The minimum absolute atomic E-state index is 0.0295. The molecule has 0 fully saturated rings. The summed E-state index contributed by atoms with van der Waals surface area (Å²) in [6.07, 6.45) is 2.30. The Kier molecular flexibility index (Phi) is 5.33. The number of sulfonamides is 1. The van der Waals surface area contributed by atoms with E-state index in [-0.39, 0.29) is 17.9 Å². The zero-order chi connectivity index (χ0) is 17.0. The molecule has 0 spiro atoms. The molecule has 7 heteroatoms. The smallest absolute Gasteiger partial charge is 0.229 e. The zero-order valence-corrected chi connectivity index (χ0v) is 14.1. The van der Waals surface area contributed by atoms with Crippen molar-refractivity contribution in [2.45, 2.75) is 25.9 Å². The van der Waals surface area contributed by atoms with Crippen LogP contribution in [0, 0.1) is 5.82 Å². The summed E-state index contributed by atoms with van der Waals surface area (Å²) >= 11 is 0. The molecule has 2 aromatic rings. The minimum Gasteiger partial charge on any atom is -0.302 e. The zero-order valence-electron chi connectivity index (χ0n) is 13.2. The lowest BCUT2D eigenvalue weighted by Crippen LogP contribution is -2.23. The van der Waals surface area contributed by atoms with Crippen LogP contribution in [-0.4, -0.2) is 19.7 Å². The molecule has 1 heterocycles. The van der Waals surface area contributed by atoms with Crippen LogP contribution in [0.5, 0.6) is 0 Å². The fraction of sp³-hybridized carbons (Fsp3) is 0.312. The molecule has 0 radical (unpaired) electrons. The second-order valence-electron chi connectivity index (χ2n) is 5.51. The molecule has 0 saturated heterocycles. The first-order valence-corrected chi connectivity index (χ1v) is 9.09. The van der Waals surface area contributed by atoms with Gasteiger partial charge in [-0.2, -0.15) is 0 Å². The summed E-state index contributed by atoms with van der Waals surface area (Å²) in [5.74, 6) is -0.367. The van der Waals surface area contributed by atoms with Crippen molar-refractivity contribution in [2.75, 3.05) is 11.0 Å². The summed E-state index contributed by atoms with van der Waals surface area (Å²) in [5.41, 5.74) is 2.20. The second-order valence-corrected chi connectivity index (χ2v) is 7.26. The van der Waals surface area contributed by atoms with Crippen molar-refractivity contribution in [3.8, 4) is 0 Å². The van der Waals surface area contributed by atoms with E-state index in [1.165, 1.54) is 12.3 Å². The van der Waals surface area contributed by atoms with E-state index in [1.807, 2.05) is 19.9 Å². The maximum atomic E-state index is 12.9. The van der Waals surface area contributed by atoms with Gasteiger partial charge >= 0.3 is 0 Å². The second kappa shape index (κ2) is 7.06. The SMILES string of the molecule is C[C@H](N[C@@H](C)c1ccc(F)cn1)c1cccc(NS(C)(=O)=O)c1. The fourth-order valence-electron chi connectivity index (χ4n) is 2.29. The predicted molar refractivity (Wildman–Crippen MR) is 89.1 cm³/mol. The highest BCUT2D eigenvalue weighted by Crippen LogP contribution is 2.21. The number of nitrogens with zero attached hydrogens (tertiary/aromatic N) is 1. The molecule has 0 saturated carbocycles. The van der Waals surface area contributed by atoms with E-state index in [4.69, 9.17) is 0 Å². The summed E-state index contributed by atoms with van der Waals surface area (Å²) in [5, 5.41) is 3.36. The fourth-order valence-corrected chi connectivity index (χ4v) is 2.84. The number of hydrogen-bond donors (Lipinski definition) is 2. The van der Waals surface area contributed by atoms with Crippen molar-refractivity contribution >= 4 is 15.7 Å². The van der Waals surface area contributed by atoms with Crippen molar-refractivity contribution in [3.05, 3.63) is 59.7 Å². The molecule has 1 aromatic heterocycles. The van der Waals surface area contributed by atoms with Crippen LogP contribution >= 0.6 is 0 Å². The number of pyridine rings is 1. The maximum Gasteiger partial charge on any atom is 0.229 e. The highest BCUT2D eigenvalue weighted by molar-refractivity contribution is 7.92. The van der Waals surface area contributed by atoms with Gasteiger partial charge in [0, 0.05) is 17.8 Å². The van der Waals surface area contributed by atoms with Gasteiger partial charge < -0.3 is 5.32 Å². The van der Waals surface area contributed by atoms with Gasteiger partial charge in [-0.15, -0.1) is 0 Å². The van der Waals surface area contributed by atoms with Crippen molar-refractivity contribution in [1.29, 1.82) is 0 Å². The van der Waals surface area contributed by atoms with Crippen molar-refractivity contribution in [3.63, 3.8) is 0 Å². The maximum absolute atomic E-state index is 12.9. The van der Waals surface area contributed by atoms with Crippen molar-refractivity contribution in [2.24, 2.45) is 0 Å². The summed E-state index contributed by atoms with van der Waals surface area (Å²) in [7, 11) is -3.31. The van der Waals surface area contributed by atoms with Gasteiger partial charge in [0.25, 0.3) is 0 Å². The molecule has 124 valence electrons. The first kappa shape index (κ1) is 17.4. The molecule has 2 rings (SSSR count). The third kappa shape index (κ3) is 5.30. The first-order chi connectivity index (χ1) is 10.7. The van der Waals surface area contributed by atoms with Crippen LogP contribution in [-0.2, 0) is 10.0 Å². The number of anilines is 1. The Balaban J connectivity index is 2.09. The monoisotopic (exact) mass is 337 g/mol. The Morgan fingerprint density at radius 1 is 1.13 bits per heavy atom. The van der Waals surface area contributed by atoms with E-state index in [0.717, 1.165) is 17.5 Å². The van der Waals surface area contributed by atoms with Gasteiger partial charge in [-0.05, 0) is 43.7 Å². The molecule has 0 bridgehead atoms. The van der Waals surface area contributed by atoms with E-state index in [2.05, 4.69) is 15.0 Å². The standard InChI is InChI=1S/C16H20FN3O2S/c1-11(19-12(2)16-8-7-14(17)10-18-16)13-5-4-6-15(9-13)20-23(3,21)22/h4-12,19-20H,1-3H3/t11-,12-/m0/s1. The molecule has 0 aliphatic carbocycles. The molecule has 5 nitrogen and oxygen atoms in total. The van der Waals surface area contributed by atoms with Crippen LogP contribution in [0.15, 0.2) is 42.6 Å². The Bertz CT molecular complexity index is 763. The third-order valence-corrected chi connectivity index (χ3v) is 3.99. The third-order valence-electron chi connectivity index (χ3n) is 3.38. The van der Waals surface area contributed by atoms with Gasteiger partial charge in [0.05, 0.1) is 18.1 Å². The molecule has 2 N–H and O–H groups in total. The first-order valence-electron chi connectivity index (χ1n) is 7.20. The average Bonchev–Trinajstić information content (AvgIpc) is 2.46. The molecule has 0 amide bonds. The van der Waals surface area contributed by atoms with Gasteiger partial charge in [-0.1, -0.05) is 12.1 Å². The number of benzene rings is 1. The Labute approximate surface area is 136 Å². The van der Waals surface area contributed by atoms with E-state index in [0.29, 0.717) is 5.69 Å². The van der Waals surface area contributed by atoms with Gasteiger partial charge in [0.1, 0.15) is 5.82 Å². The lowest BCUT2D eigenvalue weighted by Gasteiger charge is -2.20. The van der Waals surface area contributed by atoms with Crippen LogP contribution in [0.1, 0.15) is 37.2 Å². The number of aromatic nitrogens is 1. The van der Waals surface area contributed by atoms with Crippen LogP contribution in [0.25, 0.3) is 0 Å². The summed E-state index contributed by atoms with van der Waals surface area (Å²) in [4.78, 5) is 4.06. The number of nitrogens with one attached hydrogen (secondary N) is 2. The van der Waals surface area contributed by atoms with Gasteiger partial charge in [-0.3, -0.25) is 9.71 Å². The molecule has 1 aromatic carbocycles. The molecule has 0 unspecified atom stereocenters. The number of hydrogen-bond acceptors (Lipinski definition) is 4. The van der Waals surface area contributed by atoms with Gasteiger partial charge in [0.15, 0.2) is 0 Å². The highest BCUT2D eigenvalue weighted by atomic mass is 32.2. The molecule has 0 aliphatic heterocycles. The summed E-state index contributed by atoms with van der Waals surface area (Å²) < 4.78 is 38.0. The van der Waals surface area contributed by atoms with Crippen molar-refractivity contribution in [1.82, 2.24) is 10.3 Å². The summed E-state index contributed by atoms with van der Waals surface area (Å²) in [6.45, 7) is 3.91. The lowest BCUT2D eigenvalue weighted by molar-refractivity contribution is 0.484. The highest BCUT2D eigenvalue weighted by Gasteiger charge is 2.13. The minimum atomic E-state index is -3.31. The number of rotatable bonds is 6. The molecule has 23 heavy (non-hydrogen) atoms. The van der Waals surface area contributed by atoms with Crippen LogP contribution < -0.4 is 10.0 Å². The average molecular weight is 337 g/mol. The van der Waals surface area contributed by atoms with Crippen LogP contribution in [0.2, 0.25) is 0 Å². The topological polar surface area (TPSA) is 71.1 Å².